The Balaban J connectivity index is 2.71. The van der Waals surface area contributed by atoms with Crippen LogP contribution in [0.5, 0.6) is 0 Å². The number of rotatable bonds is 50. The molecule has 1 saturated heterocycles. The number of aliphatic hydroxyl groups is 2. The first kappa shape index (κ1) is 69.2. The van der Waals surface area contributed by atoms with Crippen molar-refractivity contribution < 1.29 is 58.2 Å². The Morgan fingerprint density at radius 1 is 0.453 bits per heavy atom. The van der Waals surface area contributed by atoms with Gasteiger partial charge in [0.15, 0.2) is 24.6 Å². The molecule has 0 aromatic heterocycles. The van der Waals surface area contributed by atoms with Crippen molar-refractivity contribution >= 4 is 23.9 Å². The van der Waals surface area contributed by atoms with Crippen molar-refractivity contribution in [1.82, 2.24) is 0 Å². The third-order valence-corrected chi connectivity index (χ3v) is 13.2. The maximum Gasteiger partial charge on any atom is 0.335 e. The van der Waals surface area contributed by atoms with Crippen molar-refractivity contribution in [2.24, 2.45) is 0 Å². The second kappa shape index (κ2) is 50.9. The van der Waals surface area contributed by atoms with E-state index < -0.39 is 67.3 Å². The lowest BCUT2D eigenvalue weighted by Crippen LogP contribution is -2.61. The van der Waals surface area contributed by atoms with Crippen LogP contribution in [0.2, 0.25) is 0 Å². The number of esters is 3. The van der Waals surface area contributed by atoms with Crippen LogP contribution < -0.4 is 0 Å². The van der Waals surface area contributed by atoms with E-state index >= 15 is 0 Å². The van der Waals surface area contributed by atoms with Crippen LogP contribution in [0.25, 0.3) is 0 Å². The van der Waals surface area contributed by atoms with E-state index in [9.17, 15) is 34.5 Å². The average Bonchev–Trinajstić information content (AvgIpc) is 3.39. The summed E-state index contributed by atoms with van der Waals surface area (Å²) in [4.78, 5) is 51.1. The minimum absolute atomic E-state index is 0.0459. The minimum atomic E-state index is -1.91. The fraction of sp³-hybridized carbons (Fsp3) is 0.746. The number of unbranched alkanes of at least 4 members (excludes halogenated alkanes) is 24. The second-order valence-corrected chi connectivity index (χ2v) is 20.2. The van der Waals surface area contributed by atoms with Gasteiger partial charge < -0.3 is 39.0 Å². The third kappa shape index (κ3) is 41.0. The first-order valence-electron chi connectivity index (χ1n) is 29.9. The molecule has 1 rings (SSSR count). The number of carbonyl (C=O) groups is 4. The molecule has 0 bridgehead atoms. The molecule has 0 aromatic carbocycles. The van der Waals surface area contributed by atoms with E-state index in [-0.39, 0.29) is 25.9 Å². The van der Waals surface area contributed by atoms with E-state index in [1.165, 1.54) is 64.2 Å². The molecule has 1 heterocycles. The maximum absolute atomic E-state index is 13.1. The van der Waals surface area contributed by atoms with Gasteiger partial charge >= 0.3 is 23.9 Å². The quantitative estimate of drug-likeness (QED) is 0.0228. The van der Waals surface area contributed by atoms with Crippen molar-refractivity contribution in [2.75, 3.05) is 13.2 Å². The molecule has 75 heavy (non-hydrogen) atoms. The highest BCUT2D eigenvalue weighted by Gasteiger charge is 2.50. The van der Waals surface area contributed by atoms with E-state index in [0.29, 0.717) is 19.3 Å². The Bertz CT molecular complexity index is 1580. The van der Waals surface area contributed by atoms with Crippen LogP contribution in [0.3, 0.4) is 0 Å². The van der Waals surface area contributed by atoms with Crippen LogP contribution in [0.1, 0.15) is 252 Å². The highest BCUT2D eigenvalue weighted by atomic mass is 16.7. The number of aliphatic hydroxyl groups excluding tert-OH is 2. The zero-order valence-electron chi connectivity index (χ0n) is 47.3. The predicted octanol–water partition coefficient (Wildman–Crippen LogP) is 15.3. The van der Waals surface area contributed by atoms with Gasteiger partial charge in [-0.2, -0.15) is 0 Å². The molecule has 0 amide bonds. The van der Waals surface area contributed by atoms with Gasteiger partial charge in [0.05, 0.1) is 6.61 Å². The normalized spacial score (nSPS) is 18.7. The van der Waals surface area contributed by atoms with Crippen LogP contribution in [0.15, 0.2) is 72.9 Å². The minimum Gasteiger partial charge on any atom is -0.479 e. The van der Waals surface area contributed by atoms with Crippen molar-refractivity contribution in [3.05, 3.63) is 72.9 Å². The van der Waals surface area contributed by atoms with E-state index in [2.05, 4.69) is 93.7 Å². The topological polar surface area (TPSA) is 175 Å². The summed E-state index contributed by atoms with van der Waals surface area (Å²) in [5.41, 5.74) is 0. The molecule has 0 aliphatic carbocycles. The molecule has 0 saturated carbocycles. The lowest BCUT2D eigenvalue weighted by molar-refractivity contribution is -0.301. The monoisotopic (exact) mass is 1050 g/mol. The van der Waals surface area contributed by atoms with Crippen LogP contribution >= 0.6 is 0 Å². The molecular weight excluding hydrogens is 949 g/mol. The molecule has 6 atom stereocenters. The average molecular weight is 1060 g/mol. The summed E-state index contributed by atoms with van der Waals surface area (Å²) in [6.07, 6.45) is 51.5. The first-order chi connectivity index (χ1) is 36.6. The number of aliphatic carboxylic acids is 1. The predicted molar refractivity (Wildman–Crippen MR) is 303 cm³/mol. The third-order valence-electron chi connectivity index (χ3n) is 13.2. The van der Waals surface area contributed by atoms with Crippen LogP contribution in [0.4, 0.5) is 0 Å². The Morgan fingerprint density at radius 3 is 1.31 bits per heavy atom. The number of carboxylic acid groups (broad SMARTS) is 1. The molecule has 0 radical (unpaired) electrons. The van der Waals surface area contributed by atoms with Crippen LogP contribution in [-0.2, 0) is 42.9 Å². The first-order valence-corrected chi connectivity index (χ1v) is 29.9. The highest BCUT2D eigenvalue weighted by molar-refractivity contribution is 5.74. The van der Waals surface area contributed by atoms with Crippen molar-refractivity contribution in [1.29, 1.82) is 0 Å². The maximum atomic E-state index is 13.1. The van der Waals surface area contributed by atoms with Gasteiger partial charge in [-0.3, -0.25) is 14.4 Å². The Morgan fingerprint density at radius 2 is 0.840 bits per heavy atom. The van der Waals surface area contributed by atoms with Gasteiger partial charge in [-0.15, -0.1) is 0 Å². The number of allylic oxidation sites excluding steroid dienone is 12. The standard InChI is InChI=1S/C63H106O12/c1-4-7-10-13-16-19-22-25-27-28-30-32-34-37-40-43-46-49-55(64)71-52-54(73-56(65)50-47-44-41-38-35-31-24-21-18-15-12-9-6-3)53-72-63-61(59(68)58(67)60(75-63)62(69)70)74-57(66)51-48-45-42-39-36-33-29-26-23-20-17-14-11-8-5-2/h7,10,16,19,21,24-27,29-30,32,54,58-61,63,67-68H,4-6,8-9,11-15,17-18,20,22-23,28,31,33-53H2,1-3H3,(H,69,70)/b10-7-,19-16-,24-21-,27-25-,29-26-,32-30-. The summed E-state index contributed by atoms with van der Waals surface area (Å²) >= 11 is 0. The number of hydrogen-bond acceptors (Lipinski definition) is 11. The smallest absolute Gasteiger partial charge is 0.335 e. The molecule has 0 spiro atoms. The molecular formula is C63H106O12. The molecule has 430 valence electrons. The molecule has 1 fully saturated rings. The van der Waals surface area contributed by atoms with Crippen molar-refractivity contribution in [3.63, 3.8) is 0 Å². The number of hydrogen-bond donors (Lipinski definition) is 3. The van der Waals surface area contributed by atoms with Crippen molar-refractivity contribution in [3.8, 4) is 0 Å². The Labute approximate surface area is 455 Å². The summed E-state index contributed by atoms with van der Waals surface area (Å²) in [5, 5.41) is 31.5. The molecule has 0 aromatic rings. The number of ether oxygens (including phenoxy) is 5. The van der Waals surface area contributed by atoms with Gasteiger partial charge in [0.1, 0.15) is 18.8 Å². The summed E-state index contributed by atoms with van der Waals surface area (Å²) in [5.74, 6) is -3.17. The molecule has 12 heteroatoms. The Kier molecular flexibility index (Phi) is 47.0. The fourth-order valence-electron chi connectivity index (χ4n) is 8.64. The fourth-order valence-corrected chi connectivity index (χ4v) is 8.64. The lowest BCUT2D eigenvalue weighted by Gasteiger charge is -2.40. The van der Waals surface area contributed by atoms with Gasteiger partial charge in [-0.25, -0.2) is 4.79 Å². The van der Waals surface area contributed by atoms with Gasteiger partial charge in [-0.05, 0) is 109 Å². The number of carboxylic acids is 1. The number of carbonyl (C=O) groups excluding carboxylic acids is 3. The molecule has 3 N–H and O–H groups in total. The van der Waals surface area contributed by atoms with Crippen LogP contribution in [-0.4, -0.2) is 89.2 Å². The Hall–Kier alpha value is -3.84. The molecule has 6 unspecified atom stereocenters. The molecule has 12 nitrogen and oxygen atoms in total. The summed E-state index contributed by atoms with van der Waals surface area (Å²) < 4.78 is 28.4. The van der Waals surface area contributed by atoms with E-state index in [1.54, 1.807) is 0 Å². The van der Waals surface area contributed by atoms with Gasteiger partial charge in [0, 0.05) is 19.3 Å². The summed E-state index contributed by atoms with van der Waals surface area (Å²) in [7, 11) is 0. The highest BCUT2D eigenvalue weighted by Crippen LogP contribution is 2.26. The van der Waals surface area contributed by atoms with Crippen molar-refractivity contribution in [2.45, 2.75) is 289 Å². The van der Waals surface area contributed by atoms with E-state index in [1.807, 2.05) is 0 Å². The molecule has 1 aliphatic heterocycles. The van der Waals surface area contributed by atoms with Gasteiger partial charge in [0.2, 0.25) is 0 Å². The summed E-state index contributed by atoms with van der Waals surface area (Å²) in [6.45, 7) is 5.83. The van der Waals surface area contributed by atoms with Gasteiger partial charge in [-0.1, -0.05) is 196 Å². The van der Waals surface area contributed by atoms with E-state index in [4.69, 9.17) is 23.7 Å². The largest absolute Gasteiger partial charge is 0.479 e. The summed E-state index contributed by atoms with van der Waals surface area (Å²) in [6, 6.07) is 0. The SMILES string of the molecule is CC/C=C\C/C=C\C/C=C\C/C=C\CCCCCCC(=O)OCC(COC1OC(C(=O)O)C(O)C(O)C1OC(=O)CCCCCCC/C=C\CCCCCCCC)OC(=O)CCCCCCC/C=C\CCCCCC. The molecule has 1 aliphatic rings. The zero-order chi connectivity index (χ0) is 54.7. The van der Waals surface area contributed by atoms with Gasteiger partial charge in [0.25, 0.3) is 0 Å². The lowest BCUT2D eigenvalue weighted by atomic mass is 9.98. The van der Waals surface area contributed by atoms with Crippen LogP contribution in [0, 0.1) is 0 Å². The van der Waals surface area contributed by atoms with E-state index in [0.717, 1.165) is 128 Å². The zero-order valence-corrected chi connectivity index (χ0v) is 47.3. The second-order valence-electron chi connectivity index (χ2n) is 20.2.